The lowest BCUT2D eigenvalue weighted by Gasteiger charge is -2.12. The van der Waals surface area contributed by atoms with Crippen LogP contribution in [0.15, 0.2) is 34.8 Å². The fraction of sp³-hybridized carbons (Fsp3) is 0.286. The summed E-state index contributed by atoms with van der Waals surface area (Å²) in [5.74, 6) is 0. The van der Waals surface area contributed by atoms with Gasteiger partial charge in [0.05, 0.1) is 5.56 Å². The summed E-state index contributed by atoms with van der Waals surface area (Å²) in [7, 11) is 0. The van der Waals surface area contributed by atoms with Gasteiger partial charge in [-0.2, -0.15) is 13.2 Å². The number of halogens is 4. The minimum absolute atomic E-state index is 0.199. The van der Waals surface area contributed by atoms with Crippen LogP contribution in [0.3, 0.4) is 0 Å². The van der Waals surface area contributed by atoms with Gasteiger partial charge in [-0.15, -0.1) is 11.3 Å². The van der Waals surface area contributed by atoms with Gasteiger partial charge in [-0.1, -0.05) is 18.2 Å². The van der Waals surface area contributed by atoms with Crippen molar-refractivity contribution in [2.75, 3.05) is 0 Å². The number of nitrogens with one attached hydrogen (secondary N) is 1. The van der Waals surface area contributed by atoms with Gasteiger partial charge in [0.15, 0.2) is 0 Å². The summed E-state index contributed by atoms with van der Waals surface area (Å²) in [5, 5.41) is 3.06. The maximum Gasteiger partial charge on any atom is 0.416 e. The lowest BCUT2D eigenvalue weighted by Crippen LogP contribution is -2.16. The molecule has 2 aromatic rings. The topological polar surface area (TPSA) is 12.0 Å². The Bertz CT molecular complexity index is 573. The molecule has 1 aromatic heterocycles. The van der Waals surface area contributed by atoms with E-state index >= 15 is 0 Å². The number of aryl methyl sites for hydroxylation is 1. The van der Waals surface area contributed by atoms with E-state index in [4.69, 9.17) is 0 Å². The molecule has 0 spiro atoms. The molecule has 0 aliphatic heterocycles. The number of rotatable bonds is 4. The Labute approximate surface area is 128 Å². The Hall–Kier alpha value is -0.850. The first kappa shape index (κ1) is 15.5. The minimum Gasteiger partial charge on any atom is -0.308 e. The molecular weight excluding hydrogens is 351 g/mol. The monoisotopic (exact) mass is 363 g/mol. The van der Waals surface area contributed by atoms with Gasteiger partial charge in [0.2, 0.25) is 0 Å². The molecule has 1 aromatic carbocycles. The third kappa shape index (κ3) is 3.84. The Morgan fingerprint density at radius 2 is 1.90 bits per heavy atom. The van der Waals surface area contributed by atoms with Crippen molar-refractivity contribution in [3.8, 4) is 0 Å². The summed E-state index contributed by atoms with van der Waals surface area (Å²) in [5.41, 5.74) is -0.302. The Balaban J connectivity index is 2.01. The van der Waals surface area contributed by atoms with Gasteiger partial charge in [-0.25, -0.2) is 0 Å². The largest absolute Gasteiger partial charge is 0.416 e. The first-order valence-electron chi connectivity index (χ1n) is 5.98. The van der Waals surface area contributed by atoms with Crippen LogP contribution in [-0.4, -0.2) is 0 Å². The SMILES string of the molecule is Cc1sc(CNCc2ccccc2C(F)(F)F)cc1Br. The van der Waals surface area contributed by atoms with Gasteiger partial charge in [0.1, 0.15) is 0 Å². The summed E-state index contributed by atoms with van der Waals surface area (Å²) in [6, 6.07) is 7.64. The van der Waals surface area contributed by atoms with Crippen LogP contribution in [0.1, 0.15) is 20.9 Å². The number of benzene rings is 1. The van der Waals surface area contributed by atoms with E-state index in [0.29, 0.717) is 6.54 Å². The summed E-state index contributed by atoms with van der Waals surface area (Å²) in [6.07, 6.45) is -4.30. The minimum atomic E-state index is -4.30. The van der Waals surface area contributed by atoms with Crippen molar-refractivity contribution < 1.29 is 13.2 Å². The highest BCUT2D eigenvalue weighted by Crippen LogP contribution is 2.32. The maximum absolute atomic E-state index is 12.8. The average molecular weight is 364 g/mol. The lowest BCUT2D eigenvalue weighted by atomic mass is 10.1. The van der Waals surface area contributed by atoms with E-state index in [1.165, 1.54) is 12.1 Å². The molecule has 0 fully saturated rings. The van der Waals surface area contributed by atoms with Crippen LogP contribution in [-0.2, 0) is 19.3 Å². The highest BCUT2D eigenvalue weighted by atomic mass is 79.9. The molecule has 0 atom stereocenters. The zero-order valence-corrected chi connectivity index (χ0v) is 13.1. The molecule has 1 nitrogen and oxygen atoms in total. The van der Waals surface area contributed by atoms with Gasteiger partial charge in [-0.3, -0.25) is 0 Å². The van der Waals surface area contributed by atoms with Crippen LogP contribution >= 0.6 is 27.3 Å². The molecule has 0 radical (unpaired) electrons. The van der Waals surface area contributed by atoms with E-state index in [9.17, 15) is 13.2 Å². The molecule has 6 heteroatoms. The second kappa shape index (κ2) is 6.28. The van der Waals surface area contributed by atoms with Crippen molar-refractivity contribution in [2.45, 2.75) is 26.2 Å². The molecule has 1 heterocycles. The molecule has 0 saturated heterocycles. The molecule has 0 amide bonds. The highest BCUT2D eigenvalue weighted by molar-refractivity contribution is 9.10. The predicted octanol–water partition coefficient (Wildman–Crippen LogP) is 5.13. The standard InChI is InChI=1S/C14H13BrF3NS/c1-9-13(15)6-11(20-9)8-19-7-10-4-2-3-5-12(10)14(16,17)18/h2-6,19H,7-8H2,1H3. The van der Waals surface area contributed by atoms with E-state index in [2.05, 4.69) is 21.2 Å². The van der Waals surface area contributed by atoms with E-state index in [1.807, 2.05) is 13.0 Å². The average Bonchev–Trinajstić information content (AvgIpc) is 2.68. The van der Waals surface area contributed by atoms with Gasteiger partial charge in [0.25, 0.3) is 0 Å². The fourth-order valence-electron chi connectivity index (χ4n) is 1.88. The molecule has 20 heavy (non-hydrogen) atoms. The molecule has 2 rings (SSSR count). The molecule has 0 bridgehead atoms. The third-order valence-electron chi connectivity index (χ3n) is 2.85. The molecule has 108 valence electrons. The van der Waals surface area contributed by atoms with Crippen LogP contribution in [0.2, 0.25) is 0 Å². The summed E-state index contributed by atoms with van der Waals surface area (Å²) in [6.45, 7) is 2.75. The number of alkyl halides is 3. The van der Waals surface area contributed by atoms with Crippen molar-refractivity contribution in [1.82, 2.24) is 5.32 Å². The Morgan fingerprint density at radius 1 is 1.20 bits per heavy atom. The van der Waals surface area contributed by atoms with E-state index in [0.717, 1.165) is 20.3 Å². The molecular formula is C14H13BrF3NS. The summed E-state index contributed by atoms with van der Waals surface area (Å²) < 4.78 is 39.5. The second-order valence-corrected chi connectivity index (χ2v) is 6.57. The summed E-state index contributed by atoms with van der Waals surface area (Å²) in [4.78, 5) is 2.26. The van der Waals surface area contributed by atoms with Crippen LogP contribution in [0.5, 0.6) is 0 Å². The lowest BCUT2D eigenvalue weighted by molar-refractivity contribution is -0.138. The van der Waals surface area contributed by atoms with Crippen LogP contribution in [0.4, 0.5) is 13.2 Å². The van der Waals surface area contributed by atoms with Crippen LogP contribution < -0.4 is 5.32 Å². The first-order chi connectivity index (χ1) is 9.38. The van der Waals surface area contributed by atoms with Gasteiger partial charge in [0, 0.05) is 27.3 Å². The first-order valence-corrected chi connectivity index (χ1v) is 7.59. The number of thiophene rings is 1. The molecule has 0 unspecified atom stereocenters. The van der Waals surface area contributed by atoms with Crippen molar-refractivity contribution >= 4 is 27.3 Å². The zero-order chi connectivity index (χ0) is 14.8. The van der Waals surface area contributed by atoms with Crippen molar-refractivity contribution in [3.63, 3.8) is 0 Å². The van der Waals surface area contributed by atoms with Crippen LogP contribution in [0, 0.1) is 6.92 Å². The van der Waals surface area contributed by atoms with Gasteiger partial charge in [-0.05, 0) is 40.5 Å². The summed E-state index contributed by atoms with van der Waals surface area (Å²) >= 11 is 5.05. The molecule has 0 aliphatic rings. The van der Waals surface area contributed by atoms with E-state index < -0.39 is 11.7 Å². The smallest absolute Gasteiger partial charge is 0.308 e. The van der Waals surface area contributed by atoms with E-state index in [-0.39, 0.29) is 12.1 Å². The Kier molecular flexibility index (Phi) is 4.88. The Morgan fingerprint density at radius 3 is 2.50 bits per heavy atom. The fourth-order valence-corrected chi connectivity index (χ4v) is 3.45. The number of hydrogen-bond acceptors (Lipinski definition) is 2. The normalized spacial score (nSPS) is 11.8. The quantitative estimate of drug-likeness (QED) is 0.793. The zero-order valence-electron chi connectivity index (χ0n) is 10.7. The van der Waals surface area contributed by atoms with Gasteiger partial charge >= 0.3 is 6.18 Å². The van der Waals surface area contributed by atoms with E-state index in [1.54, 1.807) is 17.4 Å². The van der Waals surface area contributed by atoms with Crippen molar-refractivity contribution in [2.24, 2.45) is 0 Å². The molecule has 0 aliphatic carbocycles. The van der Waals surface area contributed by atoms with Crippen molar-refractivity contribution in [1.29, 1.82) is 0 Å². The van der Waals surface area contributed by atoms with Crippen LogP contribution in [0.25, 0.3) is 0 Å². The van der Waals surface area contributed by atoms with Crippen molar-refractivity contribution in [3.05, 3.63) is 55.7 Å². The highest BCUT2D eigenvalue weighted by Gasteiger charge is 2.32. The molecule has 1 N–H and O–H groups in total. The predicted molar refractivity (Wildman–Crippen MR) is 78.7 cm³/mol. The third-order valence-corrected chi connectivity index (χ3v) is 4.98. The number of hydrogen-bond donors (Lipinski definition) is 1. The molecule has 0 saturated carbocycles. The second-order valence-electron chi connectivity index (χ2n) is 4.38. The van der Waals surface area contributed by atoms with Gasteiger partial charge < -0.3 is 5.32 Å². The maximum atomic E-state index is 12.8.